The standard InChI is InChI=1S/C2H5NO4S.K/c3-2(4)1-8(5,6)7;/h1H2,(H2,3,4)(H,5,6,7);/q;+1/p-1. The van der Waals surface area contributed by atoms with Crippen LogP contribution in [0, 0.1) is 0 Å². The fourth-order valence-corrected chi connectivity index (χ4v) is 0.523. The zero-order valence-corrected chi connectivity index (χ0v) is 8.77. The fraction of sp³-hybridized carbons (Fsp3) is 0.500. The van der Waals surface area contributed by atoms with E-state index in [2.05, 4.69) is 5.73 Å². The van der Waals surface area contributed by atoms with Crippen LogP contribution in [0.15, 0.2) is 0 Å². The third kappa shape index (κ3) is 12.3. The average Bonchev–Trinajstić information content (AvgIpc) is 1.21. The van der Waals surface area contributed by atoms with Gasteiger partial charge in [-0.15, -0.1) is 0 Å². The van der Waals surface area contributed by atoms with Crippen LogP contribution in [0.2, 0.25) is 0 Å². The summed E-state index contributed by atoms with van der Waals surface area (Å²) in [5.74, 6) is -2.24. The minimum atomic E-state index is -4.45. The summed E-state index contributed by atoms with van der Waals surface area (Å²) >= 11 is 0. The minimum Gasteiger partial charge on any atom is -0.748 e. The molecular formula is C2H4KNO4S. The molecule has 0 aromatic carbocycles. The van der Waals surface area contributed by atoms with E-state index in [1.807, 2.05) is 0 Å². The zero-order valence-electron chi connectivity index (χ0n) is 4.83. The van der Waals surface area contributed by atoms with E-state index < -0.39 is 21.8 Å². The summed E-state index contributed by atoms with van der Waals surface area (Å²) < 4.78 is 28.8. The predicted molar refractivity (Wildman–Crippen MR) is 23.8 cm³/mol. The number of carbonyl (C=O) groups excluding carboxylic acids is 1. The predicted octanol–water partition coefficient (Wildman–Crippen LogP) is -4.98. The topological polar surface area (TPSA) is 100 Å². The smallest absolute Gasteiger partial charge is 0.748 e. The summed E-state index contributed by atoms with van der Waals surface area (Å²) in [6, 6.07) is 0. The Morgan fingerprint density at radius 1 is 1.56 bits per heavy atom. The van der Waals surface area contributed by atoms with Gasteiger partial charge in [0.1, 0.15) is 15.9 Å². The van der Waals surface area contributed by atoms with E-state index in [1.54, 1.807) is 0 Å². The van der Waals surface area contributed by atoms with Gasteiger partial charge >= 0.3 is 51.4 Å². The summed E-state index contributed by atoms with van der Waals surface area (Å²) in [4.78, 5) is 9.66. The van der Waals surface area contributed by atoms with Crippen LogP contribution in [0.1, 0.15) is 0 Å². The maximum Gasteiger partial charge on any atom is 1.00 e. The molecule has 1 amide bonds. The summed E-state index contributed by atoms with van der Waals surface area (Å²) in [5.41, 5.74) is 4.36. The summed E-state index contributed by atoms with van der Waals surface area (Å²) in [7, 11) is -4.45. The van der Waals surface area contributed by atoms with Crippen molar-refractivity contribution < 1.29 is 69.1 Å². The largest absolute Gasteiger partial charge is 1.00 e. The van der Waals surface area contributed by atoms with Crippen molar-refractivity contribution >= 4 is 16.0 Å². The third-order valence-electron chi connectivity index (χ3n) is 0.319. The van der Waals surface area contributed by atoms with Crippen molar-refractivity contribution in [2.75, 3.05) is 5.75 Å². The number of hydrogen-bond donors (Lipinski definition) is 1. The Labute approximate surface area is 95.2 Å². The number of nitrogens with two attached hydrogens (primary N) is 1. The Morgan fingerprint density at radius 2 is 1.89 bits per heavy atom. The maximum atomic E-state index is 9.66. The average molecular weight is 177 g/mol. The third-order valence-corrected chi connectivity index (χ3v) is 0.957. The molecule has 0 fully saturated rings. The molecule has 0 heterocycles. The molecule has 0 aliphatic carbocycles. The van der Waals surface area contributed by atoms with Gasteiger partial charge in [0.05, 0.1) is 0 Å². The summed E-state index contributed by atoms with van der Waals surface area (Å²) in [5, 5.41) is 0. The minimum absolute atomic E-state index is 0. The molecular weight excluding hydrogens is 173 g/mol. The van der Waals surface area contributed by atoms with E-state index in [0.29, 0.717) is 0 Å². The Kier molecular flexibility index (Phi) is 6.72. The second kappa shape index (κ2) is 4.77. The van der Waals surface area contributed by atoms with Gasteiger partial charge in [0.2, 0.25) is 5.91 Å². The van der Waals surface area contributed by atoms with Gasteiger partial charge in [-0.2, -0.15) is 0 Å². The van der Waals surface area contributed by atoms with Crippen molar-refractivity contribution in [1.29, 1.82) is 0 Å². The molecule has 0 atom stereocenters. The molecule has 0 saturated carbocycles. The summed E-state index contributed by atoms with van der Waals surface area (Å²) in [6.45, 7) is 0. The van der Waals surface area contributed by atoms with Gasteiger partial charge in [-0.1, -0.05) is 0 Å². The molecule has 5 nitrogen and oxygen atoms in total. The Hall–Kier alpha value is 1.02. The van der Waals surface area contributed by atoms with Crippen LogP contribution in [0.4, 0.5) is 0 Å². The molecule has 0 aliphatic heterocycles. The van der Waals surface area contributed by atoms with Gasteiger partial charge in [0.25, 0.3) is 0 Å². The molecule has 48 valence electrons. The second-order valence-corrected chi connectivity index (χ2v) is 2.57. The van der Waals surface area contributed by atoms with Crippen molar-refractivity contribution in [1.82, 2.24) is 0 Å². The van der Waals surface area contributed by atoms with Gasteiger partial charge in [0, 0.05) is 0 Å². The van der Waals surface area contributed by atoms with Gasteiger partial charge in [0.15, 0.2) is 0 Å². The number of primary amides is 1. The first-order valence-electron chi connectivity index (χ1n) is 1.64. The number of hydrogen-bond acceptors (Lipinski definition) is 4. The van der Waals surface area contributed by atoms with Gasteiger partial charge in [-0.25, -0.2) is 8.42 Å². The van der Waals surface area contributed by atoms with Crippen molar-refractivity contribution in [3.8, 4) is 0 Å². The van der Waals surface area contributed by atoms with Crippen LogP contribution in [-0.4, -0.2) is 24.6 Å². The molecule has 7 heteroatoms. The molecule has 0 aromatic heterocycles. The molecule has 0 aromatic rings. The van der Waals surface area contributed by atoms with Crippen molar-refractivity contribution in [3.05, 3.63) is 0 Å². The van der Waals surface area contributed by atoms with Gasteiger partial charge in [-0.3, -0.25) is 4.79 Å². The van der Waals surface area contributed by atoms with E-state index >= 15 is 0 Å². The van der Waals surface area contributed by atoms with E-state index in [1.165, 1.54) is 0 Å². The molecule has 9 heavy (non-hydrogen) atoms. The molecule has 0 bridgehead atoms. The fourth-order valence-electron chi connectivity index (χ4n) is 0.174. The van der Waals surface area contributed by atoms with Crippen LogP contribution < -0.4 is 57.1 Å². The van der Waals surface area contributed by atoms with E-state index in [0.717, 1.165) is 0 Å². The quantitative estimate of drug-likeness (QED) is 0.337. The number of carbonyl (C=O) groups is 1. The maximum absolute atomic E-state index is 9.66. The molecule has 2 N–H and O–H groups in total. The summed E-state index contributed by atoms with van der Waals surface area (Å²) in [6.07, 6.45) is 0. The molecule has 0 saturated heterocycles. The van der Waals surface area contributed by atoms with Crippen molar-refractivity contribution in [3.63, 3.8) is 0 Å². The number of amides is 1. The van der Waals surface area contributed by atoms with Gasteiger partial charge < -0.3 is 10.3 Å². The SMILES string of the molecule is NC(=O)CS(=O)(=O)[O-].[K+]. The molecule has 0 radical (unpaired) electrons. The number of rotatable bonds is 2. The Balaban J connectivity index is 0. The Morgan fingerprint density at radius 3 is 1.89 bits per heavy atom. The molecule has 0 spiro atoms. The first kappa shape index (κ1) is 12.7. The van der Waals surface area contributed by atoms with Crippen LogP contribution in [0.5, 0.6) is 0 Å². The molecule has 0 unspecified atom stereocenters. The normalized spacial score (nSPS) is 9.89. The van der Waals surface area contributed by atoms with Crippen LogP contribution in [0.25, 0.3) is 0 Å². The van der Waals surface area contributed by atoms with Crippen LogP contribution in [0.3, 0.4) is 0 Å². The van der Waals surface area contributed by atoms with E-state index in [-0.39, 0.29) is 51.4 Å². The van der Waals surface area contributed by atoms with Crippen molar-refractivity contribution in [2.45, 2.75) is 0 Å². The first-order chi connectivity index (χ1) is 3.42. The van der Waals surface area contributed by atoms with Crippen LogP contribution in [-0.2, 0) is 14.9 Å². The zero-order chi connectivity index (χ0) is 6.78. The van der Waals surface area contributed by atoms with Crippen molar-refractivity contribution in [2.24, 2.45) is 5.73 Å². The van der Waals surface area contributed by atoms with Crippen LogP contribution >= 0.6 is 0 Å². The Bertz CT molecular complexity index is 185. The molecule has 0 rings (SSSR count). The monoisotopic (exact) mass is 177 g/mol. The van der Waals surface area contributed by atoms with E-state index in [9.17, 15) is 17.8 Å². The first-order valence-corrected chi connectivity index (χ1v) is 3.21. The van der Waals surface area contributed by atoms with E-state index in [4.69, 9.17) is 0 Å². The second-order valence-electron chi connectivity index (χ2n) is 1.17. The molecule has 0 aliphatic rings. The van der Waals surface area contributed by atoms with Gasteiger partial charge in [-0.05, 0) is 0 Å².